The molecule has 0 spiro atoms. The van der Waals surface area contributed by atoms with Crippen LogP contribution in [0.2, 0.25) is 0 Å². The van der Waals surface area contributed by atoms with Crippen LogP contribution < -0.4 is 5.32 Å². The first-order chi connectivity index (χ1) is 12.1. The molecule has 2 fully saturated rings. The van der Waals surface area contributed by atoms with E-state index in [1.54, 1.807) is 11.1 Å². The molecule has 0 aliphatic carbocycles. The summed E-state index contributed by atoms with van der Waals surface area (Å²) in [5, 5.41) is 5.15. The Labute approximate surface area is 149 Å². The Balaban J connectivity index is 1.47. The second-order valence-electron chi connectivity index (χ2n) is 6.80. The van der Waals surface area contributed by atoms with Crippen LogP contribution in [0.4, 0.5) is 0 Å². The molecule has 0 aromatic heterocycles. The molecule has 0 saturated carbocycles. The number of piperazine rings is 1. The fraction of sp³-hybridized carbons (Fsp3) is 0.579. The number of Topliss-reactive ketones (excluding diaryl/α,β-unsaturated/α-hetero) is 1. The molecule has 6 nitrogen and oxygen atoms in total. The Hall–Kier alpha value is -1.76. The zero-order valence-corrected chi connectivity index (χ0v) is 14.9. The van der Waals surface area contributed by atoms with Crippen molar-refractivity contribution >= 4 is 11.8 Å². The smallest absolute Gasteiger partial charge is 0.329 e. The molecule has 0 unspecified atom stereocenters. The molecule has 2 saturated heterocycles. The number of carbonyl (C=O) groups excluding carboxylic acids is 2. The van der Waals surface area contributed by atoms with E-state index in [1.165, 1.54) is 19.8 Å². The van der Waals surface area contributed by atoms with E-state index < -0.39 is 0 Å². The number of carbonyl (C=O) groups is 2. The van der Waals surface area contributed by atoms with Gasteiger partial charge in [0.2, 0.25) is 0 Å². The van der Waals surface area contributed by atoms with Gasteiger partial charge in [0.05, 0.1) is 6.42 Å². The average molecular weight is 345 g/mol. The highest BCUT2D eigenvalue weighted by atomic mass is 16.7. The lowest BCUT2D eigenvalue weighted by atomic mass is 10.0. The van der Waals surface area contributed by atoms with Crippen LogP contribution in [0.25, 0.3) is 0 Å². The molecule has 2 aliphatic rings. The third-order valence-corrected chi connectivity index (χ3v) is 5.06. The molecule has 1 aromatic rings. The molecular weight excluding hydrogens is 318 g/mol. The topological polar surface area (TPSA) is 61.9 Å². The molecule has 0 amide bonds. The van der Waals surface area contributed by atoms with Crippen molar-refractivity contribution in [2.75, 3.05) is 39.3 Å². The molecule has 2 heterocycles. The van der Waals surface area contributed by atoms with Crippen LogP contribution in [0.1, 0.15) is 35.7 Å². The summed E-state index contributed by atoms with van der Waals surface area (Å²) in [7, 11) is 0. The van der Waals surface area contributed by atoms with Crippen molar-refractivity contribution in [1.82, 2.24) is 15.3 Å². The summed E-state index contributed by atoms with van der Waals surface area (Å²) in [5.74, 6) is -0.331. The maximum absolute atomic E-state index is 12.2. The summed E-state index contributed by atoms with van der Waals surface area (Å²) in [6.07, 6.45) is 2.52. The van der Waals surface area contributed by atoms with Crippen LogP contribution in [-0.4, -0.2) is 67.0 Å². The van der Waals surface area contributed by atoms with Gasteiger partial charge in [0.1, 0.15) is 0 Å². The zero-order valence-electron chi connectivity index (χ0n) is 14.9. The van der Waals surface area contributed by atoms with Crippen LogP contribution in [0.5, 0.6) is 0 Å². The number of ketones is 1. The highest BCUT2D eigenvalue weighted by molar-refractivity contribution is 5.96. The Bertz CT molecular complexity index is 606. The van der Waals surface area contributed by atoms with Crippen molar-refractivity contribution in [2.45, 2.75) is 32.2 Å². The van der Waals surface area contributed by atoms with Gasteiger partial charge in [-0.15, -0.1) is 5.06 Å². The van der Waals surface area contributed by atoms with Gasteiger partial charge in [0, 0.05) is 37.8 Å². The van der Waals surface area contributed by atoms with E-state index in [2.05, 4.69) is 10.2 Å². The second kappa shape index (κ2) is 8.56. The largest absolute Gasteiger partial charge is 0.367 e. The molecule has 25 heavy (non-hydrogen) atoms. The van der Waals surface area contributed by atoms with E-state index in [9.17, 15) is 9.59 Å². The van der Waals surface area contributed by atoms with E-state index in [4.69, 9.17) is 4.84 Å². The normalized spacial score (nSPS) is 20.4. The highest BCUT2D eigenvalue weighted by Gasteiger charge is 2.26. The maximum Gasteiger partial charge on any atom is 0.329 e. The molecular formula is C19H27N3O3. The lowest BCUT2D eigenvalue weighted by Crippen LogP contribution is -2.53. The van der Waals surface area contributed by atoms with Gasteiger partial charge in [-0.2, -0.15) is 0 Å². The van der Waals surface area contributed by atoms with Crippen LogP contribution in [0.15, 0.2) is 24.3 Å². The van der Waals surface area contributed by atoms with Gasteiger partial charge in [-0.05, 0) is 38.4 Å². The second-order valence-corrected chi connectivity index (χ2v) is 6.80. The molecule has 3 rings (SSSR count). The predicted molar refractivity (Wildman–Crippen MR) is 95.3 cm³/mol. The summed E-state index contributed by atoms with van der Waals surface area (Å²) in [6, 6.07) is 7.87. The van der Waals surface area contributed by atoms with Gasteiger partial charge in [-0.1, -0.05) is 24.3 Å². The quantitative estimate of drug-likeness (QED) is 0.811. The first-order valence-electron chi connectivity index (χ1n) is 9.13. The Morgan fingerprint density at radius 1 is 1.12 bits per heavy atom. The van der Waals surface area contributed by atoms with Gasteiger partial charge in [-0.25, -0.2) is 4.79 Å². The summed E-state index contributed by atoms with van der Waals surface area (Å²) in [5.41, 5.74) is 1.32. The third kappa shape index (κ3) is 4.87. The van der Waals surface area contributed by atoms with E-state index >= 15 is 0 Å². The fourth-order valence-corrected chi connectivity index (χ4v) is 3.68. The fourth-order valence-electron chi connectivity index (χ4n) is 3.68. The summed E-state index contributed by atoms with van der Waals surface area (Å²) < 4.78 is 0. The van der Waals surface area contributed by atoms with E-state index in [0.29, 0.717) is 11.6 Å². The van der Waals surface area contributed by atoms with Crippen LogP contribution in [0, 0.1) is 0 Å². The van der Waals surface area contributed by atoms with Crippen LogP contribution >= 0.6 is 0 Å². The molecule has 136 valence electrons. The first kappa shape index (κ1) is 18.0. The SMILES string of the molecule is CC(=O)c1ccccc1CC(=O)ON1CCN(C2CCNCC2)CC1. The van der Waals surface area contributed by atoms with Crippen molar-refractivity contribution in [2.24, 2.45) is 0 Å². The van der Waals surface area contributed by atoms with Crippen molar-refractivity contribution in [3.63, 3.8) is 0 Å². The van der Waals surface area contributed by atoms with E-state index in [0.717, 1.165) is 44.8 Å². The number of piperidine rings is 1. The molecule has 0 radical (unpaired) electrons. The van der Waals surface area contributed by atoms with Crippen LogP contribution in [-0.2, 0) is 16.1 Å². The molecule has 1 N–H and O–H groups in total. The van der Waals surface area contributed by atoms with Crippen molar-refractivity contribution in [3.8, 4) is 0 Å². The maximum atomic E-state index is 12.2. The first-order valence-corrected chi connectivity index (χ1v) is 9.13. The predicted octanol–water partition coefficient (Wildman–Crippen LogP) is 1.26. The molecule has 6 heteroatoms. The average Bonchev–Trinajstić information content (AvgIpc) is 2.63. The number of nitrogens with one attached hydrogen (secondary N) is 1. The number of benzene rings is 1. The minimum absolute atomic E-state index is 0.0287. The summed E-state index contributed by atoms with van der Waals surface area (Å²) in [4.78, 5) is 31.9. The highest BCUT2D eigenvalue weighted by Crippen LogP contribution is 2.16. The number of rotatable bonds is 5. The summed E-state index contributed by atoms with van der Waals surface area (Å²) in [6.45, 7) is 7.05. The van der Waals surface area contributed by atoms with Gasteiger partial charge < -0.3 is 10.2 Å². The van der Waals surface area contributed by atoms with Crippen molar-refractivity contribution < 1.29 is 14.4 Å². The monoisotopic (exact) mass is 345 g/mol. The molecule has 1 aromatic carbocycles. The molecule has 0 bridgehead atoms. The lowest BCUT2D eigenvalue weighted by Gasteiger charge is -2.39. The third-order valence-electron chi connectivity index (χ3n) is 5.06. The van der Waals surface area contributed by atoms with E-state index in [1.807, 2.05) is 18.2 Å². The summed E-state index contributed by atoms with van der Waals surface area (Å²) >= 11 is 0. The number of hydroxylamine groups is 2. The van der Waals surface area contributed by atoms with Crippen molar-refractivity contribution in [1.29, 1.82) is 0 Å². The van der Waals surface area contributed by atoms with Gasteiger partial charge in [-0.3, -0.25) is 9.69 Å². The zero-order chi connectivity index (χ0) is 17.6. The molecule has 2 aliphatic heterocycles. The lowest BCUT2D eigenvalue weighted by molar-refractivity contribution is -0.198. The van der Waals surface area contributed by atoms with Gasteiger partial charge >= 0.3 is 5.97 Å². The minimum atomic E-state index is -0.302. The van der Waals surface area contributed by atoms with Crippen molar-refractivity contribution in [3.05, 3.63) is 35.4 Å². The molecule has 0 atom stereocenters. The number of hydrogen-bond donors (Lipinski definition) is 1. The Kier molecular flexibility index (Phi) is 6.18. The van der Waals surface area contributed by atoms with Gasteiger partial charge in [0.25, 0.3) is 0 Å². The number of hydrogen-bond acceptors (Lipinski definition) is 6. The van der Waals surface area contributed by atoms with Gasteiger partial charge in [0.15, 0.2) is 5.78 Å². The Morgan fingerprint density at radius 3 is 2.48 bits per heavy atom. The standard InChI is InChI=1S/C19H27N3O3/c1-15(23)18-5-3-2-4-16(18)14-19(24)25-22-12-10-21(11-13-22)17-6-8-20-9-7-17/h2-5,17,20H,6-14H2,1H3. The minimum Gasteiger partial charge on any atom is -0.367 e. The number of nitrogens with zero attached hydrogens (tertiary/aromatic N) is 2. The van der Waals surface area contributed by atoms with Crippen LogP contribution in [0.3, 0.4) is 0 Å². The van der Waals surface area contributed by atoms with E-state index in [-0.39, 0.29) is 18.2 Å². The Morgan fingerprint density at radius 2 is 1.80 bits per heavy atom.